The van der Waals surface area contributed by atoms with E-state index in [2.05, 4.69) is 6.58 Å². The molecule has 0 aromatic heterocycles. The average molecular weight is 243 g/mol. The maximum absolute atomic E-state index is 12.3. The molecule has 0 aliphatic carbocycles. The molecule has 94 valence electrons. The van der Waals surface area contributed by atoms with Gasteiger partial charge < -0.3 is 17.7 Å². The molecule has 5 heteroatoms. The van der Waals surface area contributed by atoms with E-state index >= 15 is 0 Å². The maximum Gasteiger partial charge on any atom is 0.508 e. The van der Waals surface area contributed by atoms with Gasteiger partial charge in [-0.3, -0.25) is 0 Å². The minimum Gasteiger partial charge on any atom is -0.492 e. The Balaban J connectivity index is 2.84. The minimum atomic E-state index is -5.02. The Labute approximate surface area is 99.3 Å². The Morgan fingerprint density at radius 1 is 1.18 bits per heavy atom. The Kier molecular flexibility index (Phi) is 3.91. The predicted molar refractivity (Wildman–Crippen MR) is 64.4 cm³/mol. The lowest BCUT2D eigenvalue weighted by Crippen LogP contribution is -2.23. The van der Waals surface area contributed by atoms with Crippen LogP contribution in [0, 0.1) is 20.8 Å². The van der Waals surface area contributed by atoms with Crippen LogP contribution in [0.3, 0.4) is 0 Å². The molecule has 0 N–H and O–H groups in total. The summed E-state index contributed by atoms with van der Waals surface area (Å²) in [7, 11) is 0. The summed E-state index contributed by atoms with van der Waals surface area (Å²) < 4.78 is 42.2. The van der Waals surface area contributed by atoms with E-state index in [1.54, 1.807) is 0 Å². The van der Waals surface area contributed by atoms with Crippen LogP contribution in [0.25, 0.3) is 0 Å². The van der Waals surface area contributed by atoms with Crippen molar-refractivity contribution >= 4 is 6.98 Å². The zero-order chi connectivity index (χ0) is 13.2. The number of aryl methyl sites for hydroxylation is 2. The molecule has 0 bridgehead atoms. The fraction of sp³-hybridized carbons (Fsp3) is 0.333. The second kappa shape index (κ2) is 4.86. The van der Waals surface area contributed by atoms with Crippen molar-refractivity contribution in [3.8, 4) is 5.75 Å². The van der Waals surface area contributed by atoms with Crippen molar-refractivity contribution in [3.05, 3.63) is 40.9 Å². The van der Waals surface area contributed by atoms with Crippen molar-refractivity contribution in [1.82, 2.24) is 0 Å². The van der Waals surface area contributed by atoms with E-state index in [4.69, 9.17) is 4.74 Å². The van der Waals surface area contributed by atoms with Gasteiger partial charge in [0.05, 0.1) is 6.61 Å². The number of halogens is 3. The van der Waals surface area contributed by atoms with Crippen molar-refractivity contribution in [2.45, 2.75) is 20.8 Å². The molecule has 0 fully saturated rings. The number of rotatable bonds is 4. The summed E-state index contributed by atoms with van der Waals surface area (Å²) in [4.78, 5) is 0. The van der Waals surface area contributed by atoms with E-state index < -0.39 is 19.1 Å². The van der Waals surface area contributed by atoms with Crippen LogP contribution in [0.2, 0.25) is 0 Å². The Morgan fingerprint density at radius 3 is 2.24 bits per heavy atom. The van der Waals surface area contributed by atoms with Crippen LogP contribution in [-0.2, 0) is 0 Å². The fourth-order valence-corrected chi connectivity index (χ4v) is 1.41. The van der Waals surface area contributed by atoms with Crippen LogP contribution in [0.4, 0.5) is 12.9 Å². The second-order valence-electron chi connectivity index (χ2n) is 4.18. The highest BCUT2D eigenvalue weighted by atomic mass is 19.4. The summed E-state index contributed by atoms with van der Waals surface area (Å²) in [5, 5.41) is 0. The molecule has 0 radical (unpaired) electrons. The van der Waals surface area contributed by atoms with Crippen molar-refractivity contribution < 1.29 is 17.7 Å². The highest BCUT2D eigenvalue weighted by Gasteiger charge is 2.27. The first kappa shape index (κ1) is 13.7. The molecule has 0 saturated carbocycles. The van der Waals surface area contributed by atoms with Crippen LogP contribution in [0.1, 0.15) is 16.7 Å². The van der Waals surface area contributed by atoms with E-state index in [1.165, 1.54) is 0 Å². The van der Waals surface area contributed by atoms with E-state index in [9.17, 15) is 12.9 Å². The van der Waals surface area contributed by atoms with Gasteiger partial charge in [0.2, 0.25) is 0 Å². The zero-order valence-corrected chi connectivity index (χ0v) is 10.2. The molecular formula is C12H15BF3O-. The second-order valence-corrected chi connectivity index (χ2v) is 4.18. The molecule has 0 aliphatic rings. The summed E-state index contributed by atoms with van der Waals surface area (Å²) in [6, 6.07) is 3.75. The quantitative estimate of drug-likeness (QED) is 0.728. The van der Waals surface area contributed by atoms with E-state index in [1.807, 2.05) is 32.9 Å². The lowest BCUT2D eigenvalue weighted by molar-refractivity contribution is 0.342. The first-order valence-corrected chi connectivity index (χ1v) is 5.30. The summed E-state index contributed by atoms with van der Waals surface area (Å²) in [5.74, 6) is 0.520. The molecule has 1 nitrogen and oxygen atoms in total. The number of benzene rings is 1. The third kappa shape index (κ3) is 3.28. The van der Waals surface area contributed by atoms with Gasteiger partial charge in [0.15, 0.2) is 0 Å². The zero-order valence-electron chi connectivity index (χ0n) is 10.2. The third-order valence-corrected chi connectivity index (χ3v) is 2.74. The van der Waals surface area contributed by atoms with Gasteiger partial charge in [-0.15, -0.1) is 12.1 Å². The normalized spacial score (nSPS) is 11.4. The molecule has 0 saturated heterocycles. The molecule has 17 heavy (non-hydrogen) atoms. The van der Waals surface area contributed by atoms with Crippen LogP contribution in [0.15, 0.2) is 24.2 Å². The molecule has 0 amide bonds. The lowest BCUT2D eigenvalue weighted by Gasteiger charge is -2.20. The Bertz CT molecular complexity index is 438. The molecule has 0 heterocycles. The Hall–Kier alpha value is -1.39. The molecule has 0 spiro atoms. The lowest BCUT2D eigenvalue weighted by atomic mass is 9.81. The van der Waals surface area contributed by atoms with Gasteiger partial charge in [0.1, 0.15) is 5.75 Å². The van der Waals surface area contributed by atoms with Gasteiger partial charge in [-0.1, -0.05) is 12.1 Å². The first-order valence-electron chi connectivity index (χ1n) is 5.30. The van der Waals surface area contributed by atoms with Gasteiger partial charge >= 0.3 is 6.98 Å². The van der Waals surface area contributed by atoms with E-state index in [-0.39, 0.29) is 0 Å². The van der Waals surface area contributed by atoms with Gasteiger partial charge in [0, 0.05) is 0 Å². The van der Waals surface area contributed by atoms with Gasteiger partial charge in [-0.05, 0) is 37.5 Å². The topological polar surface area (TPSA) is 9.23 Å². The highest BCUT2D eigenvalue weighted by Crippen LogP contribution is 2.27. The van der Waals surface area contributed by atoms with Crippen LogP contribution < -0.4 is 4.74 Å². The summed E-state index contributed by atoms with van der Waals surface area (Å²) in [5.41, 5.74) is 1.88. The molecule has 1 aromatic rings. The molecule has 0 unspecified atom stereocenters. The van der Waals surface area contributed by atoms with Crippen molar-refractivity contribution in [1.29, 1.82) is 0 Å². The smallest absolute Gasteiger partial charge is 0.492 e. The monoisotopic (exact) mass is 243 g/mol. The van der Waals surface area contributed by atoms with Crippen LogP contribution >= 0.6 is 0 Å². The third-order valence-electron chi connectivity index (χ3n) is 2.74. The van der Waals surface area contributed by atoms with Crippen molar-refractivity contribution in [2.75, 3.05) is 6.61 Å². The first-order chi connectivity index (χ1) is 7.73. The summed E-state index contributed by atoms with van der Waals surface area (Å²) in [6.45, 7) is 3.01. The molecule has 0 atom stereocenters. The minimum absolute atomic E-state index is 0.505. The van der Waals surface area contributed by atoms with Crippen molar-refractivity contribution in [3.63, 3.8) is 0 Å². The van der Waals surface area contributed by atoms with Gasteiger partial charge in [-0.25, -0.2) is 0 Å². The van der Waals surface area contributed by atoms with Crippen molar-refractivity contribution in [2.24, 2.45) is 0 Å². The average Bonchev–Trinajstić information content (AvgIpc) is 2.22. The highest BCUT2D eigenvalue weighted by molar-refractivity contribution is 6.66. The predicted octanol–water partition coefficient (Wildman–Crippen LogP) is 3.93. The van der Waals surface area contributed by atoms with Crippen LogP contribution in [0.5, 0.6) is 5.75 Å². The van der Waals surface area contributed by atoms with Gasteiger partial charge in [0.25, 0.3) is 0 Å². The number of ether oxygens (including phenoxy) is 1. The van der Waals surface area contributed by atoms with E-state index in [0.717, 1.165) is 16.7 Å². The largest absolute Gasteiger partial charge is 0.508 e. The molecule has 0 aliphatic heterocycles. The molecule has 1 aromatic carbocycles. The van der Waals surface area contributed by atoms with Crippen LogP contribution in [-0.4, -0.2) is 13.6 Å². The van der Waals surface area contributed by atoms with Gasteiger partial charge in [-0.2, -0.15) is 0 Å². The molecular weight excluding hydrogens is 228 g/mol. The Morgan fingerprint density at radius 2 is 1.71 bits per heavy atom. The number of hydrogen-bond acceptors (Lipinski definition) is 1. The SMILES string of the molecule is C=C(COc1c(C)ccc(C)c1C)[B-](F)(F)F. The summed E-state index contributed by atoms with van der Waals surface area (Å²) in [6.07, 6.45) is 0. The maximum atomic E-state index is 12.3. The standard InChI is InChI=1S/C12H15BF3O/c1-8-5-6-9(2)12(11(8)4)17-7-10(3)13(14,15)16/h5-6H,3,7H2,1-2,4H3/q-1. The van der Waals surface area contributed by atoms with E-state index in [0.29, 0.717) is 5.75 Å². The molecule has 1 rings (SSSR count). The summed E-state index contributed by atoms with van der Waals surface area (Å²) >= 11 is 0. The fourth-order valence-electron chi connectivity index (χ4n) is 1.41. The number of hydrogen-bond donors (Lipinski definition) is 0.